The summed E-state index contributed by atoms with van der Waals surface area (Å²) in [7, 11) is -1.99. The van der Waals surface area contributed by atoms with E-state index in [0.29, 0.717) is 11.7 Å². The number of ether oxygens (including phenoxy) is 1. The molecule has 3 atom stereocenters. The zero-order valence-corrected chi connectivity index (χ0v) is 15.2. The fourth-order valence-electron chi connectivity index (χ4n) is 2.79. The van der Waals surface area contributed by atoms with E-state index >= 15 is 0 Å². The highest BCUT2D eigenvalue weighted by Crippen LogP contribution is 2.19. The minimum Gasteiger partial charge on any atom is -0.497 e. The van der Waals surface area contributed by atoms with E-state index in [4.69, 9.17) is 4.74 Å². The molecule has 0 radical (unpaired) electrons. The molecule has 2 rings (SSSR count). The highest BCUT2D eigenvalue weighted by molar-refractivity contribution is 7.91. The van der Waals surface area contributed by atoms with Crippen LogP contribution in [0.3, 0.4) is 0 Å². The summed E-state index contributed by atoms with van der Waals surface area (Å²) >= 11 is 0. The number of sulfone groups is 1. The lowest BCUT2D eigenvalue weighted by molar-refractivity contribution is -0.125. The molecule has 1 heterocycles. The lowest BCUT2D eigenvalue weighted by Crippen LogP contribution is -2.51. The van der Waals surface area contributed by atoms with Crippen LogP contribution in [0.15, 0.2) is 29.2 Å². The first-order valence-electron chi connectivity index (χ1n) is 8.21. The van der Waals surface area contributed by atoms with E-state index in [-0.39, 0.29) is 22.6 Å². The van der Waals surface area contributed by atoms with Gasteiger partial charge in [-0.05, 0) is 43.1 Å². The number of hydrogen-bond donors (Lipinski definition) is 2. The van der Waals surface area contributed by atoms with Gasteiger partial charge in [-0.1, -0.05) is 13.8 Å². The molecule has 24 heavy (non-hydrogen) atoms. The molecule has 0 aliphatic carbocycles. The van der Waals surface area contributed by atoms with Gasteiger partial charge in [-0.15, -0.1) is 0 Å². The number of amides is 1. The zero-order chi connectivity index (χ0) is 17.7. The first-order chi connectivity index (χ1) is 11.3. The molecule has 134 valence electrons. The van der Waals surface area contributed by atoms with Crippen LogP contribution in [0, 0.1) is 11.8 Å². The van der Waals surface area contributed by atoms with Crippen molar-refractivity contribution in [2.75, 3.05) is 26.0 Å². The van der Waals surface area contributed by atoms with E-state index in [1.807, 2.05) is 0 Å². The Kier molecular flexibility index (Phi) is 6.23. The summed E-state index contributed by atoms with van der Waals surface area (Å²) in [6.07, 6.45) is 1.00. The Balaban J connectivity index is 1.98. The fourth-order valence-corrected chi connectivity index (χ4v) is 4.34. The average molecular weight is 354 g/mol. The second kappa shape index (κ2) is 7.98. The third-order valence-corrected chi connectivity index (χ3v) is 6.42. The molecule has 7 heteroatoms. The number of piperidine rings is 1. The van der Waals surface area contributed by atoms with Gasteiger partial charge < -0.3 is 15.4 Å². The molecule has 0 aromatic heterocycles. The lowest BCUT2D eigenvalue weighted by Gasteiger charge is -2.31. The Labute approximate surface area is 143 Å². The molecule has 1 aliphatic rings. The van der Waals surface area contributed by atoms with Crippen molar-refractivity contribution in [3.63, 3.8) is 0 Å². The van der Waals surface area contributed by atoms with Crippen molar-refractivity contribution in [2.24, 2.45) is 11.8 Å². The van der Waals surface area contributed by atoms with Crippen LogP contribution in [0.2, 0.25) is 0 Å². The summed E-state index contributed by atoms with van der Waals surface area (Å²) < 4.78 is 30.0. The molecule has 1 aromatic rings. The van der Waals surface area contributed by atoms with Crippen molar-refractivity contribution in [3.8, 4) is 5.75 Å². The number of carbonyl (C=O) groups is 1. The predicted octanol–water partition coefficient (Wildman–Crippen LogP) is 1.22. The Hall–Kier alpha value is -1.60. The normalized spacial score (nSPS) is 22.6. The van der Waals surface area contributed by atoms with Crippen LogP contribution < -0.4 is 15.4 Å². The van der Waals surface area contributed by atoms with Crippen LogP contribution in [0.5, 0.6) is 5.75 Å². The van der Waals surface area contributed by atoms with Gasteiger partial charge in [0.2, 0.25) is 5.91 Å². The SMILES string of the molecule is COc1ccc(S(=O)(=O)CC(C)C(=O)NC2CNCCC2C)cc1. The maximum absolute atomic E-state index is 12.5. The first-order valence-corrected chi connectivity index (χ1v) is 9.86. The van der Waals surface area contributed by atoms with Crippen LogP contribution in [-0.2, 0) is 14.6 Å². The standard InChI is InChI=1S/C17H26N2O4S/c1-12-8-9-18-10-16(12)19-17(20)13(2)11-24(21,22)15-6-4-14(23-3)5-7-15/h4-7,12-13,16,18H,8-11H2,1-3H3,(H,19,20). The maximum Gasteiger partial charge on any atom is 0.224 e. The number of methoxy groups -OCH3 is 1. The molecule has 2 N–H and O–H groups in total. The number of nitrogens with one attached hydrogen (secondary N) is 2. The molecular formula is C17H26N2O4S. The Morgan fingerprint density at radius 3 is 2.62 bits per heavy atom. The molecule has 6 nitrogen and oxygen atoms in total. The van der Waals surface area contributed by atoms with Gasteiger partial charge in [0.15, 0.2) is 9.84 Å². The van der Waals surface area contributed by atoms with Crippen LogP contribution in [-0.4, -0.2) is 46.3 Å². The zero-order valence-electron chi connectivity index (χ0n) is 14.4. The Bertz CT molecular complexity index is 658. The van der Waals surface area contributed by atoms with Crippen LogP contribution in [0.1, 0.15) is 20.3 Å². The topological polar surface area (TPSA) is 84.5 Å². The quantitative estimate of drug-likeness (QED) is 0.802. The van der Waals surface area contributed by atoms with E-state index < -0.39 is 15.8 Å². The second-order valence-corrected chi connectivity index (χ2v) is 8.48. The summed E-state index contributed by atoms with van der Waals surface area (Å²) in [5.74, 6) is -0.0438. The van der Waals surface area contributed by atoms with Gasteiger partial charge in [-0.2, -0.15) is 0 Å². The molecule has 0 bridgehead atoms. The minimum absolute atomic E-state index is 0.0531. The maximum atomic E-state index is 12.5. The van der Waals surface area contributed by atoms with Crippen molar-refractivity contribution in [2.45, 2.75) is 31.2 Å². The van der Waals surface area contributed by atoms with Gasteiger partial charge in [-0.25, -0.2) is 8.42 Å². The minimum atomic E-state index is -3.52. The van der Waals surface area contributed by atoms with Gasteiger partial charge in [0.05, 0.1) is 17.8 Å². The number of hydrogen-bond acceptors (Lipinski definition) is 5. The molecule has 0 spiro atoms. The first kappa shape index (κ1) is 18.7. The number of rotatable bonds is 6. The third-order valence-electron chi connectivity index (χ3n) is 4.49. The van der Waals surface area contributed by atoms with E-state index in [1.54, 1.807) is 19.1 Å². The lowest BCUT2D eigenvalue weighted by atomic mass is 9.94. The number of benzene rings is 1. The molecule has 1 amide bonds. The van der Waals surface area contributed by atoms with E-state index in [1.165, 1.54) is 19.2 Å². The highest BCUT2D eigenvalue weighted by Gasteiger charge is 2.27. The van der Waals surface area contributed by atoms with Gasteiger partial charge in [0.1, 0.15) is 5.75 Å². The predicted molar refractivity (Wildman–Crippen MR) is 92.8 cm³/mol. The molecule has 1 saturated heterocycles. The Morgan fingerprint density at radius 2 is 2.04 bits per heavy atom. The number of carbonyl (C=O) groups excluding carboxylic acids is 1. The molecule has 1 aliphatic heterocycles. The molecule has 1 fully saturated rings. The second-order valence-electron chi connectivity index (χ2n) is 6.44. The van der Waals surface area contributed by atoms with Gasteiger partial charge in [0, 0.05) is 18.5 Å². The average Bonchev–Trinajstić information content (AvgIpc) is 2.56. The van der Waals surface area contributed by atoms with E-state index in [9.17, 15) is 13.2 Å². The van der Waals surface area contributed by atoms with Crippen molar-refractivity contribution in [3.05, 3.63) is 24.3 Å². The summed E-state index contributed by atoms with van der Waals surface area (Å²) in [6, 6.07) is 6.27. The van der Waals surface area contributed by atoms with Crippen molar-refractivity contribution >= 4 is 15.7 Å². The van der Waals surface area contributed by atoms with E-state index in [2.05, 4.69) is 17.6 Å². The molecule has 3 unspecified atom stereocenters. The van der Waals surface area contributed by atoms with Gasteiger partial charge in [0.25, 0.3) is 0 Å². The van der Waals surface area contributed by atoms with Crippen LogP contribution >= 0.6 is 0 Å². The highest BCUT2D eigenvalue weighted by atomic mass is 32.2. The van der Waals surface area contributed by atoms with Gasteiger partial charge in [-0.3, -0.25) is 4.79 Å². The van der Waals surface area contributed by atoms with Crippen molar-refractivity contribution in [1.29, 1.82) is 0 Å². The summed E-state index contributed by atoms with van der Waals surface area (Å²) in [6.45, 7) is 5.43. The summed E-state index contributed by atoms with van der Waals surface area (Å²) in [5, 5.41) is 6.22. The van der Waals surface area contributed by atoms with Crippen LogP contribution in [0.25, 0.3) is 0 Å². The van der Waals surface area contributed by atoms with Crippen molar-refractivity contribution in [1.82, 2.24) is 10.6 Å². The van der Waals surface area contributed by atoms with Gasteiger partial charge >= 0.3 is 0 Å². The fraction of sp³-hybridized carbons (Fsp3) is 0.588. The largest absolute Gasteiger partial charge is 0.497 e. The monoisotopic (exact) mass is 354 g/mol. The molecule has 1 aromatic carbocycles. The molecule has 0 saturated carbocycles. The summed E-state index contributed by atoms with van der Waals surface area (Å²) in [4.78, 5) is 12.5. The van der Waals surface area contributed by atoms with Crippen LogP contribution in [0.4, 0.5) is 0 Å². The molecular weight excluding hydrogens is 328 g/mol. The van der Waals surface area contributed by atoms with E-state index in [0.717, 1.165) is 19.5 Å². The van der Waals surface area contributed by atoms with Crippen molar-refractivity contribution < 1.29 is 17.9 Å². The smallest absolute Gasteiger partial charge is 0.224 e. The third kappa shape index (κ3) is 4.70. The summed E-state index contributed by atoms with van der Waals surface area (Å²) in [5.41, 5.74) is 0. The Morgan fingerprint density at radius 1 is 1.38 bits per heavy atom.